The van der Waals surface area contributed by atoms with E-state index in [1.54, 1.807) is 6.08 Å². The molecular formula is C39H52O22. The SMILES string of the molecule is CC1(O)CCC2(O)C(C=O)=COC(OC3OC(CO)C(OC4C=CC(OC5C=CC(OC6C(CO)OC(OC7OC=CC8C(O)C=C(CO)C78)C(O)C6O)O5)O4)C(O)C3O)C12. The fraction of sp³-hybridized carbons (Fsp3) is 0.718. The number of rotatable bonds is 14. The molecule has 0 amide bonds. The lowest BCUT2D eigenvalue weighted by molar-refractivity contribution is -0.365. The van der Waals surface area contributed by atoms with Gasteiger partial charge < -0.3 is 103 Å². The molecule has 0 radical (unpaired) electrons. The highest BCUT2D eigenvalue weighted by molar-refractivity contribution is 5.76. The zero-order chi connectivity index (χ0) is 43.4. The second-order valence-electron chi connectivity index (χ2n) is 16.3. The maximum atomic E-state index is 11.6. The Morgan fingerprint density at radius 2 is 1.21 bits per heavy atom. The van der Waals surface area contributed by atoms with Crippen LogP contribution in [-0.2, 0) is 56.9 Å². The molecule has 8 aliphatic rings. The summed E-state index contributed by atoms with van der Waals surface area (Å²) in [6, 6.07) is 0. The highest BCUT2D eigenvalue weighted by Crippen LogP contribution is 2.52. The van der Waals surface area contributed by atoms with Crippen molar-refractivity contribution in [2.75, 3.05) is 19.8 Å². The molecule has 0 aromatic carbocycles. The topological polar surface area (TPSA) is 321 Å². The maximum absolute atomic E-state index is 11.6. The summed E-state index contributed by atoms with van der Waals surface area (Å²) in [5, 5.41) is 107. The Hall–Kier alpha value is -2.79. The standard InChI is InChI=1S/C39H52O22/c1-38(49)7-8-39(50)17(12-41)15-52-37(33(38)39)61-36-30(48)28(46)32(21(14-43)54-36)59-25-5-3-23(57-25)55-22-2-4-24(56-22)58-31-20(13-42)53-35(29(47)27(31)45)60-34-26-16(11-40)10-19(44)18(26)6-9-51-34/h2-6,9-10,12,15,18-37,40,42-50H,7-8,11,13-14H2,1H3. The first kappa shape index (κ1) is 44.8. The van der Waals surface area contributed by atoms with Crippen LogP contribution in [0.2, 0.25) is 0 Å². The van der Waals surface area contributed by atoms with Crippen LogP contribution in [0.15, 0.2) is 60.1 Å². The minimum Gasteiger partial charge on any atom is -0.472 e. The molecule has 3 fully saturated rings. The van der Waals surface area contributed by atoms with E-state index in [1.165, 1.54) is 43.6 Å². The number of hydrogen-bond acceptors (Lipinski definition) is 22. The Balaban J connectivity index is 0.808. The number of carbonyl (C=O) groups is 1. The monoisotopic (exact) mass is 872 g/mol. The number of aliphatic hydroxyl groups is 10. The molecule has 0 aromatic rings. The van der Waals surface area contributed by atoms with Gasteiger partial charge in [0.2, 0.25) is 12.6 Å². The molecule has 22 unspecified atom stereocenters. The average molecular weight is 873 g/mol. The normalized spacial score (nSPS) is 50.1. The van der Waals surface area contributed by atoms with Crippen LogP contribution in [-0.4, -0.2) is 194 Å². The molecule has 2 aliphatic carbocycles. The van der Waals surface area contributed by atoms with Crippen molar-refractivity contribution in [3.05, 3.63) is 60.1 Å². The van der Waals surface area contributed by atoms with Crippen LogP contribution in [0.4, 0.5) is 0 Å². The first-order chi connectivity index (χ1) is 29.2. The van der Waals surface area contributed by atoms with Crippen LogP contribution in [0, 0.1) is 17.8 Å². The molecule has 10 N–H and O–H groups in total. The van der Waals surface area contributed by atoms with E-state index in [2.05, 4.69) is 0 Å². The van der Waals surface area contributed by atoms with Gasteiger partial charge >= 0.3 is 0 Å². The number of fused-ring (bicyclic) bond motifs is 2. The summed E-state index contributed by atoms with van der Waals surface area (Å²) in [5.74, 6) is -2.22. The number of hydrogen-bond donors (Lipinski definition) is 10. The number of carbonyl (C=O) groups excluding carboxylic acids is 1. The predicted molar refractivity (Wildman–Crippen MR) is 194 cm³/mol. The van der Waals surface area contributed by atoms with E-state index >= 15 is 0 Å². The van der Waals surface area contributed by atoms with Gasteiger partial charge in [0.1, 0.15) is 54.4 Å². The minimum absolute atomic E-state index is 0.0337. The second kappa shape index (κ2) is 18.0. The van der Waals surface area contributed by atoms with Crippen molar-refractivity contribution in [3.8, 4) is 0 Å². The van der Waals surface area contributed by atoms with Crippen molar-refractivity contribution < 1.29 is 108 Å². The van der Waals surface area contributed by atoms with E-state index in [9.17, 15) is 55.9 Å². The molecule has 1 saturated carbocycles. The van der Waals surface area contributed by atoms with Crippen LogP contribution in [0.25, 0.3) is 0 Å². The van der Waals surface area contributed by atoms with Gasteiger partial charge in [0.05, 0.1) is 61.5 Å². The van der Waals surface area contributed by atoms with Crippen molar-refractivity contribution >= 4 is 6.29 Å². The molecule has 0 spiro atoms. The summed E-state index contributed by atoms with van der Waals surface area (Å²) >= 11 is 0. The van der Waals surface area contributed by atoms with Gasteiger partial charge in [0, 0.05) is 5.92 Å². The Morgan fingerprint density at radius 3 is 1.74 bits per heavy atom. The molecule has 22 heteroatoms. The summed E-state index contributed by atoms with van der Waals surface area (Å²) in [4.78, 5) is 11.6. The van der Waals surface area contributed by atoms with Gasteiger partial charge in [0.25, 0.3) is 0 Å². The van der Waals surface area contributed by atoms with Crippen molar-refractivity contribution in [3.63, 3.8) is 0 Å². The smallest absolute Gasteiger partial charge is 0.210 e. The largest absolute Gasteiger partial charge is 0.472 e. The Morgan fingerprint density at radius 1 is 0.672 bits per heavy atom. The Bertz CT molecular complexity index is 1710. The fourth-order valence-corrected chi connectivity index (χ4v) is 9.23. The summed E-state index contributed by atoms with van der Waals surface area (Å²) < 4.78 is 63.4. The highest BCUT2D eigenvalue weighted by atomic mass is 16.8. The molecular weight excluding hydrogens is 820 g/mol. The molecule has 6 heterocycles. The molecule has 2 saturated heterocycles. The van der Waals surface area contributed by atoms with E-state index in [0.717, 1.165) is 6.26 Å². The molecule has 340 valence electrons. The summed E-state index contributed by atoms with van der Waals surface area (Å²) in [6.45, 7) is -0.277. The fourth-order valence-electron chi connectivity index (χ4n) is 9.23. The van der Waals surface area contributed by atoms with E-state index in [1.807, 2.05) is 0 Å². The molecule has 6 aliphatic heterocycles. The first-order valence-electron chi connectivity index (χ1n) is 20.0. The Labute approximate surface area is 347 Å². The lowest BCUT2D eigenvalue weighted by Crippen LogP contribution is -2.63. The van der Waals surface area contributed by atoms with Crippen molar-refractivity contribution in [2.24, 2.45) is 17.8 Å². The minimum atomic E-state index is -1.78. The lowest BCUT2D eigenvalue weighted by Gasteiger charge is -2.46. The lowest BCUT2D eigenvalue weighted by atomic mass is 9.78. The summed E-state index contributed by atoms with van der Waals surface area (Å²) in [5.41, 5.74) is -2.94. The molecule has 0 aromatic heterocycles. The summed E-state index contributed by atoms with van der Waals surface area (Å²) in [6.07, 6.45) is -11.2. The Kier molecular flexibility index (Phi) is 13.2. The van der Waals surface area contributed by atoms with Crippen LogP contribution < -0.4 is 0 Å². The van der Waals surface area contributed by atoms with Gasteiger partial charge in [-0.25, -0.2) is 0 Å². The predicted octanol–water partition coefficient (Wildman–Crippen LogP) is -4.11. The molecule has 22 atom stereocenters. The van der Waals surface area contributed by atoms with Crippen molar-refractivity contribution in [1.29, 1.82) is 0 Å². The third-order valence-corrected chi connectivity index (χ3v) is 12.5. The highest BCUT2D eigenvalue weighted by Gasteiger charge is 2.63. The quantitative estimate of drug-likeness (QED) is 0.0586. The first-order valence-corrected chi connectivity index (χ1v) is 20.0. The number of ether oxygens (including phenoxy) is 11. The van der Waals surface area contributed by atoms with Crippen LogP contribution >= 0.6 is 0 Å². The summed E-state index contributed by atoms with van der Waals surface area (Å²) in [7, 11) is 0. The second-order valence-corrected chi connectivity index (χ2v) is 16.3. The van der Waals surface area contributed by atoms with Gasteiger partial charge in [-0.2, -0.15) is 0 Å². The van der Waals surface area contributed by atoms with E-state index in [0.29, 0.717) is 11.9 Å². The maximum Gasteiger partial charge on any atom is 0.210 e. The van der Waals surface area contributed by atoms with Gasteiger partial charge in [-0.15, -0.1) is 0 Å². The van der Waals surface area contributed by atoms with E-state index in [4.69, 9.17) is 52.1 Å². The zero-order valence-electron chi connectivity index (χ0n) is 32.6. The third kappa shape index (κ3) is 8.50. The van der Waals surface area contributed by atoms with E-state index in [-0.39, 0.29) is 25.0 Å². The third-order valence-electron chi connectivity index (χ3n) is 12.5. The van der Waals surface area contributed by atoms with Gasteiger partial charge in [-0.05, 0) is 55.7 Å². The van der Waals surface area contributed by atoms with Gasteiger partial charge in [-0.1, -0.05) is 6.08 Å². The van der Waals surface area contributed by atoms with Crippen LogP contribution in [0.3, 0.4) is 0 Å². The molecule has 61 heavy (non-hydrogen) atoms. The molecule has 8 rings (SSSR count). The van der Waals surface area contributed by atoms with Gasteiger partial charge in [0.15, 0.2) is 44.0 Å². The number of aliphatic hydroxyl groups excluding tert-OH is 8. The zero-order valence-corrected chi connectivity index (χ0v) is 32.6. The average Bonchev–Trinajstić information content (AvgIpc) is 4.03. The van der Waals surface area contributed by atoms with E-state index < -0.39 is 147 Å². The van der Waals surface area contributed by atoms with Crippen molar-refractivity contribution in [2.45, 2.75) is 136 Å². The number of aldehydes is 1. The van der Waals surface area contributed by atoms with Crippen molar-refractivity contribution in [1.82, 2.24) is 0 Å². The van der Waals surface area contributed by atoms with Gasteiger partial charge in [-0.3, -0.25) is 4.79 Å². The van der Waals surface area contributed by atoms with Crippen LogP contribution in [0.5, 0.6) is 0 Å². The molecule has 22 nitrogen and oxygen atoms in total. The molecule has 0 bridgehead atoms. The van der Waals surface area contributed by atoms with Crippen LogP contribution in [0.1, 0.15) is 19.8 Å².